The van der Waals surface area contributed by atoms with Gasteiger partial charge in [-0.1, -0.05) is 19.8 Å². The van der Waals surface area contributed by atoms with Crippen LogP contribution in [0.2, 0.25) is 0 Å². The number of aliphatic hydroxyl groups is 2. The lowest BCUT2D eigenvalue weighted by atomic mass is 10.2. The van der Waals surface area contributed by atoms with Crippen LogP contribution >= 0.6 is 0 Å². The van der Waals surface area contributed by atoms with Crippen LogP contribution in [0, 0.1) is 0 Å². The van der Waals surface area contributed by atoms with E-state index in [4.69, 9.17) is 10.2 Å². The van der Waals surface area contributed by atoms with Crippen LogP contribution in [0.5, 0.6) is 0 Å². The third kappa shape index (κ3) is 12.0. The smallest absolute Gasteiger partial charge is 0.316 e. The summed E-state index contributed by atoms with van der Waals surface area (Å²) in [4.78, 5) is 0. The zero-order chi connectivity index (χ0) is 6.41. The fourth-order valence-electron chi connectivity index (χ4n) is 0.577. The predicted molar refractivity (Wildman–Crippen MR) is 40.9 cm³/mol. The van der Waals surface area contributed by atoms with Crippen LogP contribution in [0.3, 0.4) is 0 Å². The van der Waals surface area contributed by atoms with Crippen molar-refractivity contribution >= 4 is 23.1 Å². The van der Waals surface area contributed by atoms with Crippen LogP contribution in [-0.2, 0) is 0 Å². The molecule has 0 fully saturated rings. The van der Waals surface area contributed by atoms with Crippen molar-refractivity contribution in [1.82, 2.24) is 0 Å². The number of hydrogen-bond donors (Lipinski definition) is 2. The molecule has 0 unspecified atom stereocenters. The number of rotatable bonds is 4. The third-order valence-electron chi connectivity index (χ3n) is 1.07. The van der Waals surface area contributed by atoms with Gasteiger partial charge in [0.15, 0.2) is 6.29 Å². The molecule has 0 rings (SSSR count). The molecule has 0 heterocycles. The lowest BCUT2D eigenvalue weighted by Crippen LogP contribution is -2.02. The normalized spacial score (nSPS) is 9.33. The van der Waals surface area contributed by atoms with Gasteiger partial charge in [0.25, 0.3) is 0 Å². The Morgan fingerprint density at radius 1 is 1.22 bits per heavy atom. The highest BCUT2D eigenvalue weighted by atomic mass is 24.3. The summed E-state index contributed by atoms with van der Waals surface area (Å²) in [5, 5.41) is 16.7. The maximum absolute atomic E-state index is 8.33. The van der Waals surface area contributed by atoms with E-state index in [-0.39, 0.29) is 23.1 Å². The van der Waals surface area contributed by atoms with Gasteiger partial charge in [0.05, 0.1) is 0 Å². The van der Waals surface area contributed by atoms with Crippen molar-refractivity contribution in [2.45, 2.75) is 38.9 Å². The molecular formula is C6H16MgO2. The van der Waals surface area contributed by atoms with Gasteiger partial charge < -0.3 is 10.2 Å². The fraction of sp³-hybridized carbons (Fsp3) is 1.00. The summed E-state index contributed by atoms with van der Waals surface area (Å²) in [6.07, 6.45) is 2.58. The molecule has 3 heteroatoms. The Bertz CT molecular complexity index is 48.3. The summed E-state index contributed by atoms with van der Waals surface area (Å²) < 4.78 is 0. The van der Waals surface area contributed by atoms with Gasteiger partial charge in [-0.05, 0) is 12.8 Å². The lowest BCUT2D eigenvalue weighted by Gasteiger charge is -1.99. The van der Waals surface area contributed by atoms with Crippen molar-refractivity contribution in [3.63, 3.8) is 0 Å². The Morgan fingerprint density at radius 3 is 2.11 bits per heavy atom. The van der Waals surface area contributed by atoms with Gasteiger partial charge in [-0.15, -0.1) is 0 Å². The third-order valence-corrected chi connectivity index (χ3v) is 1.07. The van der Waals surface area contributed by atoms with Crippen molar-refractivity contribution in [1.29, 1.82) is 0 Å². The first-order valence-corrected chi connectivity index (χ1v) is 3.13. The highest BCUT2D eigenvalue weighted by Crippen LogP contribution is 1.99. The molecule has 0 atom stereocenters. The molecule has 0 bridgehead atoms. The van der Waals surface area contributed by atoms with Gasteiger partial charge in [0, 0.05) is 0 Å². The molecule has 0 saturated carbocycles. The van der Waals surface area contributed by atoms with Crippen LogP contribution in [0.15, 0.2) is 0 Å². The van der Waals surface area contributed by atoms with E-state index in [1.54, 1.807) is 0 Å². The summed E-state index contributed by atoms with van der Waals surface area (Å²) in [6.45, 7) is 2.09. The average molecular weight is 144 g/mol. The van der Waals surface area contributed by atoms with E-state index >= 15 is 0 Å². The summed E-state index contributed by atoms with van der Waals surface area (Å²) in [5.41, 5.74) is 0. The lowest BCUT2D eigenvalue weighted by molar-refractivity contribution is -0.0465. The second-order valence-electron chi connectivity index (χ2n) is 1.98. The minimum atomic E-state index is -1.10. The quantitative estimate of drug-likeness (QED) is 0.330. The molecule has 0 amide bonds. The van der Waals surface area contributed by atoms with E-state index in [1.165, 1.54) is 0 Å². The number of unbranched alkanes of at least 4 members (excludes halogenated alkanes) is 2. The Balaban J connectivity index is 0. The average Bonchev–Trinajstić information content (AvgIpc) is 1.66. The first-order valence-electron chi connectivity index (χ1n) is 3.13. The molecule has 0 spiro atoms. The van der Waals surface area contributed by atoms with E-state index in [9.17, 15) is 0 Å². The molecule has 2 N–H and O–H groups in total. The maximum atomic E-state index is 8.33. The minimum Gasteiger partial charge on any atom is -0.368 e. The molecule has 0 aliphatic rings. The minimum absolute atomic E-state index is 0. The topological polar surface area (TPSA) is 40.5 Å². The Labute approximate surface area is 72.4 Å². The largest absolute Gasteiger partial charge is 0.368 e. The summed E-state index contributed by atoms with van der Waals surface area (Å²) in [5.74, 6) is 0. The van der Waals surface area contributed by atoms with Crippen molar-refractivity contribution in [3.8, 4) is 0 Å². The van der Waals surface area contributed by atoms with Crippen LogP contribution in [-0.4, -0.2) is 39.6 Å². The molecule has 0 aliphatic heterocycles. The molecule has 0 radical (unpaired) electrons. The molecule has 0 aromatic carbocycles. The monoisotopic (exact) mass is 144 g/mol. The summed E-state index contributed by atoms with van der Waals surface area (Å²) in [7, 11) is 0. The first kappa shape index (κ1) is 12.4. The summed E-state index contributed by atoms with van der Waals surface area (Å²) >= 11 is 0. The van der Waals surface area contributed by atoms with Gasteiger partial charge in [-0.2, -0.15) is 0 Å². The van der Waals surface area contributed by atoms with Crippen LogP contribution in [0.4, 0.5) is 0 Å². The molecule has 54 valence electrons. The fourth-order valence-corrected chi connectivity index (χ4v) is 0.577. The number of hydrogen-bond acceptors (Lipinski definition) is 2. The van der Waals surface area contributed by atoms with Crippen LogP contribution < -0.4 is 0 Å². The zero-order valence-corrected chi connectivity index (χ0v) is 5.30. The second kappa shape index (κ2) is 8.69. The highest BCUT2D eigenvalue weighted by Gasteiger charge is 1.93. The van der Waals surface area contributed by atoms with E-state index < -0.39 is 6.29 Å². The molecule has 9 heavy (non-hydrogen) atoms. The predicted octanol–water partition coefficient (Wildman–Crippen LogP) is -0.0388. The Morgan fingerprint density at radius 2 is 1.78 bits per heavy atom. The van der Waals surface area contributed by atoms with Gasteiger partial charge in [0.1, 0.15) is 0 Å². The van der Waals surface area contributed by atoms with Gasteiger partial charge >= 0.3 is 23.1 Å². The molecule has 2 nitrogen and oxygen atoms in total. The van der Waals surface area contributed by atoms with E-state index in [2.05, 4.69) is 6.92 Å². The van der Waals surface area contributed by atoms with Crippen molar-refractivity contribution in [2.24, 2.45) is 0 Å². The first-order chi connectivity index (χ1) is 3.77. The van der Waals surface area contributed by atoms with E-state index in [1.807, 2.05) is 0 Å². The Kier molecular flexibility index (Phi) is 11.9. The maximum Gasteiger partial charge on any atom is 0.316 e. The molecule has 0 saturated heterocycles. The zero-order valence-electron chi connectivity index (χ0n) is 5.30. The van der Waals surface area contributed by atoms with Gasteiger partial charge in [-0.3, -0.25) is 0 Å². The second-order valence-corrected chi connectivity index (χ2v) is 1.98. The van der Waals surface area contributed by atoms with Crippen molar-refractivity contribution in [3.05, 3.63) is 0 Å². The Hall–Kier alpha value is 0.686. The summed E-state index contributed by atoms with van der Waals surface area (Å²) in [6, 6.07) is 0. The number of aliphatic hydroxyl groups excluding tert-OH is 1. The van der Waals surface area contributed by atoms with E-state index in [0.717, 1.165) is 19.3 Å². The van der Waals surface area contributed by atoms with Crippen molar-refractivity contribution < 1.29 is 10.2 Å². The van der Waals surface area contributed by atoms with Crippen LogP contribution in [0.1, 0.15) is 32.6 Å². The molecular weight excluding hydrogens is 128 g/mol. The standard InChI is InChI=1S/C6H14O2.Mg.2H/c1-2-3-4-5-6(7)8;;;/h6-8H,2-5H2,1H3;;;. The van der Waals surface area contributed by atoms with Crippen molar-refractivity contribution in [2.75, 3.05) is 0 Å². The van der Waals surface area contributed by atoms with Crippen LogP contribution in [0.25, 0.3) is 0 Å². The van der Waals surface area contributed by atoms with E-state index in [0.29, 0.717) is 6.42 Å². The molecule has 0 aromatic heterocycles. The highest BCUT2D eigenvalue weighted by molar-refractivity contribution is 5.75. The SMILES string of the molecule is CCCCCC(O)O.[MgH2]. The molecule has 0 aliphatic carbocycles. The molecule has 0 aromatic rings. The van der Waals surface area contributed by atoms with Gasteiger partial charge in [0.2, 0.25) is 0 Å². The van der Waals surface area contributed by atoms with Gasteiger partial charge in [-0.25, -0.2) is 0 Å².